The van der Waals surface area contributed by atoms with Gasteiger partial charge in [0.05, 0.1) is 32.0 Å². The van der Waals surface area contributed by atoms with Crippen LogP contribution in [0.5, 0.6) is 0 Å². The number of piperidine rings is 1. The highest BCUT2D eigenvalue weighted by Gasteiger charge is 2.45. The number of ether oxygens (including phenoxy) is 3. The first kappa shape index (κ1) is 69.3. The number of aliphatic hydroxyl groups is 4. The first-order valence-corrected chi connectivity index (χ1v) is 26.6. The Hall–Kier alpha value is -3.82. The summed E-state index contributed by atoms with van der Waals surface area (Å²) < 4.78 is 15.4. The number of Topliss-reactive ketones (excluding diaryl/α,β-unsaturated/α-hetero) is 3. The predicted octanol–water partition coefficient (Wildman–Crippen LogP) is 10.1. The molecule has 4 N–H and O–H groups in total. The molecule has 0 aromatic heterocycles. The third kappa shape index (κ3) is 31.4. The lowest BCUT2D eigenvalue weighted by atomic mass is 9.89. The molecule has 0 radical (unpaired) electrons. The molecular weight excluding hydrogens is 907 g/mol. The van der Waals surface area contributed by atoms with E-state index < -0.39 is 34.9 Å². The van der Waals surface area contributed by atoms with E-state index in [-0.39, 0.29) is 67.8 Å². The summed E-state index contributed by atoms with van der Waals surface area (Å²) in [5.74, 6) is -5.29. The number of hydrogen-bond donors (Lipinski definition) is 4. The number of carbonyl (C=O) groups excluding carboxylic acids is 6. The van der Waals surface area contributed by atoms with Gasteiger partial charge in [0.2, 0.25) is 5.79 Å². The fraction of sp³-hybridized carbons (Fsp3) is 0.754. The molecule has 5 atom stereocenters. The van der Waals surface area contributed by atoms with Crippen molar-refractivity contribution < 1.29 is 63.4 Å². The van der Waals surface area contributed by atoms with E-state index in [4.69, 9.17) is 9.47 Å². The van der Waals surface area contributed by atoms with Crippen molar-refractivity contribution in [3.63, 3.8) is 0 Å². The molecule has 410 valence electrons. The molecule has 1 amide bonds. The summed E-state index contributed by atoms with van der Waals surface area (Å²) in [4.78, 5) is 71.8. The van der Waals surface area contributed by atoms with Gasteiger partial charge in [0.1, 0.15) is 23.1 Å². The van der Waals surface area contributed by atoms with Crippen molar-refractivity contribution >= 4 is 35.7 Å². The number of rotatable bonds is 29. The van der Waals surface area contributed by atoms with Crippen LogP contribution in [0.4, 0.5) is 0 Å². The second-order valence-corrected chi connectivity index (χ2v) is 20.3. The summed E-state index contributed by atoms with van der Waals surface area (Å²) in [6, 6.07) is -0.0648. The first-order valence-electron chi connectivity index (χ1n) is 26.6. The molecule has 0 aromatic carbocycles. The Morgan fingerprint density at radius 3 is 2.01 bits per heavy atom. The van der Waals surface area contributed by atoms with E-state index in [1.165, 1.54) is 23.8 Å². The van der Waals surface area contributed by atoms with Crippen LogP contribution in [0.2, 0.25) is 0 Å². The molecule has 2 rings (SSSR count). The highest BCUT2D eigenvalue weighted by Crippen LogP contribution is 2.27. The van der Waals surface area contributed by atoms with Crippen LogP contribution in [0, 0.1) is 23.2 Å². The van der Waals surface area contributed by atoms with Gasteiger partial charge < -0.3 is 39.5 Å². The van der Waals surface area contributed by atoms with Crippen molar-refractivity contribution in [1.29, 1.82) is 0 Å². The van der Waals surface area contributed by atoms with E-state index in [1.807, 2.05) is 79.7 Å². The van der Waals surface area contributed by atoms with Crippen LogP contribution in [-0.2, 0) is 43.0 Å². The quantitative estimate of drug-likeness (QED) is 0.0105. The number of allylic oxidation sites excluding steroid dienone is 7. The summed E-state index contributed by atoms with van der Waals surface area (Å²) in [7, 11) is 0. The Bertz CT molecular complexity index is 1640. The first-order chi connectivity index (χ1) is 33.4. The van der Waals surface area contributed by atoms with Crippen LogP contribution in [0.15, 0.2) is 47.6 Å². The number of aliphatic hydroxyl groups excluding tert-OH is 2. The predicted molar refractivity (Wildman–Crippen MR) is 282 cm³/mol. The number of hydrogen-bond acceptors (Lipinski definition) is 13. The van der Waals surface area contributed by atoms with Gasteiger partial charge in [-0.25, -0.2) is 0 Å². The average Bonchev–Trinajstić information content (AvgIpc) is 3.34. The molecule has 2 aliphatic rings. The molecule has 1 aliphatic carbocycles. The van der Waals surface area contributed by atoms with Gasteiger partial charge in [-0.3, -0.25) is 28.8 Å². The lowest BCUT2D eigenvalue weighted by molar-refractivity contribution is -0.205. The molecule has 0 spiro atoms. The van der Waals surface area contributed by atoms with Crippen molar-refractivity contribution in [2.24, 2.45) is 23.2 Å². The monoisotopic (exact) mass is 1010 g/mol. The fourth-order valence-electron chi connectivity index (χ4n) is 7.41. The van der Waals surface area contributed by atoms with Crippen LogP contribution in [0.1, 0.15) is 199 Å². The Balaban J connectivity index is 0. The van der Waals surface area contributed by atoms with Gasteiger partial charge in [-0.05, 0) is 137 Å². The van der Waals surface area contributed by atoms with E-state index >= 15 is 0 Å². The molecule has 0 aromatic rings. The molecule has 0 bridgehead atoms. The van der Waals surface area contributed by atoms with E-state index in [2.05, 4.69) is 17.7 Å². The standard InChI is InChI=1S/C36H57NO7.C14H26O4.C5H10O2.C2H6/c1-26(17-11-8-7-9-13-19-27(2)32(39)25-33(40)28(3)22-23-31(6)38)18-12-10-14-20-29(4)36(43,44)34(41)35(42)37-24-16-15-21-30(37)5;1-11(2)17-10-14(3,9-15)13(16)18-12-7-5-4-6-8-12;1-5(2)3-7-4-6;1-2/h7-9,11,17,22,27,29-30,33,40,43-44H,10,12-16,18-21,23-25H2,1-6H3;11-12,15H,4-10H2,1-3H3;4-5H,3H2,1-2H3;1-2H3/b9-7+,11-8+,26-17+,28-22+;;;. The van der Waals surface area contributed by atoms with E-state index in [0.717, 1.165) is 77.0 Å². The normalized spacial score (nSPS) is 18.0. The smallest absolute Gasteiger partial charge is 0.316 e. The highest BCUT2D eigenvalue weighted by molar-refractivity contribution is 6.38. The van der Waals surface area contributed by atoms with Crippen LogP contribution >= 0.6 is 0 Å². The molecule has 5 unspecified atom stereocenters. The highest BCUT2D eigenvalue weighted by atomic mass is 16.6. The number of nitrogens with zero attached hydrogens (tertiary/aromatic N) is 1. The molecule has 1 saturated heterocycles. The van der Waals surface area contributed by atoms with Gasteiger partial charge in [-0.15, -0.1) is 0 Å². The summed E-state index contributed by atoms with van der Waals surface area (Å²) in [5.41, 5.74) is 0.938. The topological polar surface area (TPSA) is 214 Å². The van der Waals surface area contributed by atoms with Gasteiger partial charge in [0, 0.05) is 37.3 Å². The second-order valence-electron chi connectivity index (χ2n) is 20.3. The molecular formula is C57H99NO13. The van der Waals surface area contributed by atoms with Crippen molar-refractivity contribution in [1.82, 2.24) is 4.90 Å². The van der Waals surface area contributed by atoms with Crippen LogP contribution in [0.3, 0.4) is 0 Å². The number of ketones is 3. The molecule has 14 heteroatoms. The van der Waals surface area contributed by atoms with Gasteiger partial charge >= 0.3 is 5.97 Å². The third-order valence-corrected chi connectivity index (χ3v) is 12.6. The lowest BCUT2D eigenvalue weighted by Gasteiger charge is -2.35. The van der Waals surface area contributed by atoms with Crippen molar-refractivity contribution in [2.45, 2.75) is 229 Å². The van der Waals surface area contributed by atoms with Crippen molar-refractivity contribution in [3.8, 4) is 0 Å². The number of amides is 1. The number of esters is 1. The van der Waals surface area contributed by atoms with E-state index in [9.17, 15) is 49.2 Å². The molecule has 1 aliphatic heterocycles. The van der Waals surface area contributed by atoms with Gasteiger partial charge in [-0.2, -0.15) is 0 Å². The van der Waals surface area contributed by atoms with Crippen LogP contribution in [0.25, 0.3) is 0 Å². The van der Waals surface area contributed by atoms with Gasteiger partial charge in [0.25, 0.3) is 18.2 Å². The maximum Gasteiger partial charge on any atom is 0.316 e. The minimum Gasteiger partial charge on any atom is -0.468 e. The zero-order valence-corrected chi connectivity index (χ0v) is 46.3. The zero-order valence-electron chi connectivity index (χ0n) is 46.3. The maximum absolute atomic E-state index is 12.6. The summed E-state index contributed by atoms with van der Waals surface area (Å²) in [6.45, 7) is 25.6. The number of carbonyl (C=O) groups is 6. The van der Waals surface area contributed by atoms with Crippen molar-refractivity contribution in [3.05, 3.63) is 47.6 Å². The molecule has 2 fully saturated rings. The summed E-state index contributed by atoms with van der Waals surface area (Å²) in [6.07, 6.45) is 24.6. The van der Waals surface area contributed by atoms with Gasteiger partial charge in [0.15, 0.2) is 0 Å². The largest absolute Gasteiger partial charge is 0.468 e. The zero-order chi connectivity index (χ0) is 54.6. The van der Waals surface area contributed by atoms with Crippen LogP contribution in [-0.4, -0.2) is 118 Å². The van der Waals surface area contributed by atoms with E-state index in [1.54, 1.807) is 26.8 Å². The SMILES string of the molecule is CC.CC(=O)C/C=C(\C)C(O)CC(=O)C(C)CC/C=C/C=C/C=C(\C)CCCCCC(C)C(O)(O)C(=O)C(=O)N1CCCCC1C.CC(C)COC=O.CC(C)OCC(C)(CO)C(=O)OC1CCCCC1. The van der Waals surface area contributed by atoms with Crippen molar-refractivity contribution in [2.75, 3.05) is 26.4 Å². The second kappa shape index (κ2) is 39.7. The third-order valence-electron chi connectivity index (χ3n) is 12.6. The lowest BCUT2D eigenvalue weighted by Crippen LogP contribution is -2.55. The Morgan fingerprint density at radius 2 is 1.46 bits per heavy atom. The van der Waals surface area contributed by atoms with E-state index in [0.29, 0.717) is 44.0 Å². The molecule has 14 nitrogen and oxygen atoms in total. The number of unbranched alkanes of at least 4 members (excludes halogenated alkanes) is 2. The molecule has 71 heavy (non-hydrogen) atoms. The average molecular weight is 1010 g/mol. The fourth-order valence-corrected chi connectivity index (χ4v) is 7.41. The van der Waals surface area contributed by atoms with Gasteiger partial charge in [-0.1, -0.05) is 103 Å². The summed E-state index contributed by atoms with van der Waals surface area (Å²) >= 11 is 0. The minimum absolute atomic E-state index is 0.0168. The maximum atomic E-state index is 12.6. The summed E-state index contributed by atoms with van der Waals surface area (Å²) in [5, 5.41) is 40.6. The van der Waals surface area contributed by atoms with Crippen LogP contribution < -0.4 is 0 Å². The minimum atomic E-state index is -2.65. The Morgan fingerprint density at radius 1 is 0.831 bits per heavy atom. The Kier molecular flexibility index (Phi) is 38.7. The Labute approximate surface area is 429 Å². The molecule has 1 saturated carbocycles. The molecule has 1 heterocycles. The number of likely N-dealkylation sites (tertiary alicyclic amines) is 1.